The minimum atomic E-state index is 0.807. The summed E-state index contributed by atoms with van der Waals surface area (Å²) < 4.78 is 0. The molecule has 0 aliphatic carbocycles. The fourth-order valence-electron chi connectivity index (χ4n) is 1.04. The van der Waals surface area contributed by atoms with Crippen molar-refractivity contribution in [2.75, 3.05) is 6.54 Å². The Kier molecular flexibility index (Phi) is 6.99. The molecule has 0 radical (unpaired) electrons. The van der Waals surface area contributed by atoms with E-state index >= 15 is 0 Å². The Hall–Kier alpha value is -0.920. The first-order valence-electron chi connectivity index (χ1n) is 5.40. The SMILES string of the molecule is CCC(C)CCN/C(C)=C/C=C(\C)N. The van der Waals surface area contributed by atoms with Crippen LogP contribution in [0.4, 0.5) is 0 Å². The quantitative estimate of drug-likeness (QED) is 0.641. The van der Waals surface area contributed by atoms with Crippen molar-refractivity contribution >= 4 is 0 Å². The lowest BCUT2D eigenvalue weighted by molar-refractivity contribution is 0.503. The first kappa shape index (κ1) is 13.1. The molecule has 14 heavy (non-hydrogen) atoms. The maximum absolute atomic E-state index is 5.53. The van der Waals surface area contributed by atoms with Gasteiger partial charge in [-0.3, -0.25) is 0 Å². The van der Waals surface area contributed by atoms with E-state index in [2.05, 4.69) is 26.1 Å². The topological polar surface area (TPSA) is 38.0 Å². The highest BCUT2D eigenvalue weighted by Gasteiger charge is 1.96. The van der Waals surface area contributed by atoms with E-state index in [1.807, 2.05) is 19.1 Å². The third kappa shape index (κ3) is 7.71. The van der Waals surface area contributed by atoms with Crippen LogP contribution in [0.25, 0.3) is 0 Å². The summed E-state index contributed by atoms with van der Waals surface area (Å²) in [4.78, 5) is 0. The van der Waals surface area contributed by atoms with E-state index in [0.29, 0.717) is 0 Å². The average molecular weight is 196 g/mol. The first-order chi connectivity index (χ1) is 6.56. The second kappa shape index (κ2) is 7.48. The molecular weight excluding hydrogens is 172 g/mol. The van der Waals surface area contributed by atoms with Crippen molar-refractivity contribution in [2.45, 2.75) is 40.5 Å². The Balaban J connectivity index is 3.68. The van der Waals surface area contributed by atoms with Crippen LogP contribution in [-0.4, -0.2) is 6.54 Å². The summed E-state index contributed by atoms with van der Waals surface area (Å²) in [6, 6.07) is 0. The molecule has 0 aromatic rings. The molecule has 0 heterocycles. The van der Waals surface area contributed by atoms with Gasteiger partial charge in [-0.2, -0.15) is 0 Å². The van der Waals surface area contributed by atoms with Gasteiger partial charge in [0.1, 0.15) is 0 Å². The fourth-order valence-corrected chi connectivity index (χ4v) is 1.04. The highest BCUT2D eigenvalue weighted by molar-refractivity contribution is 5.12. The first-order valence-corrected chi connectivity index (χ1v) is 5.40. The number of allylic oxidation sites excluding steroid dienone is 4. The van der Waals surface area contributed by atoms with Crippen molar-refractivity contribution in [2.24, 2.45) is 11.7 Å². The third-order valence-corrected chi connectivity index (χ3v) is 2.33. The molecule has 1 atom stereocenters. The second-order valence-corrected chi connectivity index (χ2v) is 3.99. The molecule has 0 amide bonds. The summed E-state index contributed by atoms with van der Waals surface area (Å²) in [7, 11) is 0. The standard InChI is InChI=1S/C12H24N2/c1-5-10(2)8-9-14-12(4)7-6-11(3)13/h6-7,10,14H,5,8-9,13H2,1-4H3/b11-6+,12-7+. The summed E-state index contributed by atoms with van der Waals surface area (Å²) in [6.07, 6.45) is 6.43. The number of hydrogen-bond donors (Lipinski definition) is 2. The third-order valence-electron chi connectivity index (χ3n) is 2.33. The Morgan fingerprint density at radius 2 is 2.00 bits per heavy atom. The zero-order chi connectivity index (χ0) is 11.0. The van der Waals surface area contributed by atoms with Gasteiger partial charge < -0.3 is 11.1 Å². The van der Waals surface area contributed by atoms with Crippen LogP contribution >= 0.6 is 0 Å². The molecule has 1 unspecified atom stereocenters. The highest BCUT2D eigenvalue weighted by Crippen LogP contribution is 2.04. The molecule has 0 saturated carbocycles. The molecule has 0 saturated heterocycles. The molecule has 0 aromatic carbocycles. The fraction of sp³-hybridized carbons (Fsp3) is 0.667. The van der Waals surface area contributed by atoms with E-state index in [1.54, 1.807) is 0 Å². The zero-order valence-electron chi connectivity index (χ0n) is 9.93. The van der Waals surface area contributed by atoms with E-state index in [0.717, 1.165) is 18.2 Å². The van der Waals surface area contributed by atoms with Crippen molar-refractivity contribution < 1.29 is 0 Å². The lowest BCUT2D eigenvalue weighted by Gasteiger charge is -2.10. The van der Waals surface area contributed by atoms with Gasteiger partial charge in [-0.25, -0.2) is 0 Å². The van der Waals surface area contributed by atoms with E-state index < -0.39 is 0 Å². The van der Waals surface area contributed by atoms with E-state index in [1.165, 1.54) is 18.5 Å². The van der Waals surface area contributed by atoms with Gasteiger partial charge in [0.15, 0.2) is 0 Å². The summed E-state index contributed by atoms with van der Waals surface area (Å²) in [5.41, 5.74) is 7.55. The molecular formula is C12H24N2. The van der Waals surface area contributed by atoms with Crippen LogP contribution in [0.5, 0.6) is 0 Å². The Labute approximate surface area is 88.3 Å². The van der Waals surface area contributed by atoms with E-state index in [9.17, 15) is 0 Å². The van der Waals surface area contributed by atoms with Crippen molar-refractivity contribution in [1.29, 1.82) is 0 Å². The lowest BCUT2D eigenvalue weighted by atomic mass is 10.1. The molecule has 0 bridgehead atoms. The molecule has 2 nitrogen and oxygen atoms in total. The van der Waals surface area contributed by atoms with E-state index in [-0.39, 0.29) is 0 Å². The van der Waals surface area contributed by atoms with Gasteiger partial charge >= 0.3 is 0 Å². The Bertz CT molecular complexity index is 200. The van der Waals surface area contributed by atoms with Crippen molar-refractivity contribution in [1.82, 2.24) is 5.32 Å². The van der Waals surface area contributed by atoms with Crippen LogP contribution in [0.3, 0.4) is 0 Å². The molecule has 3 N–H and O–H groups in total. The molecule has 0 spiro atoms. The van der Waals surface area contributed by atoms with Gasteiger partial charge in [0.25, 0.3) is 0 Å². The van der Waals surface area contributed by atoms with Gasteiger partial charge in [-0.1, -0.05) is 20.3 Å². The van der Waals surface area contributed by atoms with Gasteiger partial charge in [-0.15, -0.1) is 0 Å². The van der Waals surface area contributed by atoms with Crippen LogP contribution in [-0.2, 0) is 0 Å². The van der Waals surface area contributed by atoms with Crippen LogP contribution in [0, 0.1) is 5.92 Å². The van der Waals surface area contributed by atoms with Crippen LogP contribution in [0.2, 0.25) is 0 Å². The minimum absolute atomic E-state index is 0.807. The zero-order valence-corrected chi connectivity index (χ0v) is 9.93. The van der Waals surface area contributed by atoms with Crippen LogP contribution in [0.15, 0.2) is 23.5 Å². The number of nitrogens with one attached hydrogen (secondary N) is 1. The molecule has 0 aliphatic rings. The van der Waals surface area contributed by atoms with Crippen molar-refractivity contribution in [3.63, 3.8) is 0 Å². The highest BCUT2D eigenvalue weighted by atomic mass is 14.9. The van der Waals surface area contributed by atoms with Crippen molar-refractivity contribution in [3.05, 3.63) is 23.5 Å². The summed E-state index contributed by atoms with van der Waals surface area (Å²) in [5, 5.41) is 3.36. The summed E-state index contributed by atoms with van der Waals surface area (Å²) in [5.74, 6) is 0.807. The smallest absolute Gasteiger partial charge is 0.0146 e. The molecule has 2 heteroatoms. The van der Waals surface area contributed by atoms with Gasteiger partial charge in [0.05, 0.1) is 0 Å². The monoisotopic (exact) mass is 196 g/mol. The second-order valence-electron chi connectivity index (χ2n) is 3.99. The average Bonchev–Trinajstić information content (AvgIpc) is 2.14. The Morgan fingerprint density at radius 1 is 1.36 bits per heavy atom. The number of rotatable bonds is 6. The van der Waals surface area contributed by atoms with Crippen LogP contribution < -0.4 is 11.1 Å². The molecule has 0 rings (SSSR count). The maximum atomic E-state index is 5.53. The molecule has 0 aromatic heterocycles. The molecule has 82 valence electrons. The minimum Gasteiger partial charge on any atom is -0.402 e. The predicted octanol–water partition coefficient (Wildman–Crippen LogP) is 2.78. The van der Waals surface area contributed by atoms with Gasteiger partial charge in [-0.05, 0) is 38.3 Å². The van der Waals surface area contributed by atoms with Crippen molar-refractivity contribution in [3.8, 4) is 0 Å². The molecule has 0 aliphatic heterocycles. The van der Waals surface area contributed by atoms with E-state index in [4.69, 9.17) is 5.73 Å². The predicted molar refractivity (Wildman–Crippen MR) is 63.8 cm³/mol. The van der Waals surface area contributed by atoms with Crippen LogP contribution in [0.1, 0.15) is 40.5 Å². The number of hydrogen-bond acceptors (Lipinski definition) is 2. The summed E-state index contributed by atoms with van der Waals surface area (Å²) >= 11 is 0. The number of nitrogens with two attached hydrogens (primary N) is 1. The Morgan fingerprint density at radius 3 is 2.50 bits per heavy atom. The largest absolute Gasteiger partial charge is 0.402 e. The van der Waals surface area contributed by atoms with Gasteiger partial charge in [0, 0.05) is 17.9 Å². The lowest BCUT2D eigenvalue weighted by Crippen LogP contribution is -2.15. The normalized spacial score (nSPS) is 15.4. The maximum Gasteiger partial charge on any atom is 0.0146 e. The summed E-state index contributed by atoms with van der Waals surface area (Å²) in [6.45, 7) is 9.52. The van der Waals surface area contributed by atoms with Gasteiger partial charge in [0.2, 0.25) is 0 Å². The molecule has 0 fully saturated rings.